The van der Waals surface area contributed by atoms with E-state index in [-0.39, 0.29) is 23.7 Å². The minimum absolute atomic E-state index is 0.105. The van der Waals surface area contributed by atoms with Gasteiger partial charge in [-0.15, -0.1) is 0 Å². The number of hydrogen-bond acceptors (Lipinski definition) is 3. The number of hydrogen-bond donors (Lipinski definition) is 1. The molecule has 1 atom stereocenters. The minimum Gasteiger partial charge on any atom is -0.345 e. The second-order valence-corrected chi connectivity index (χ2v) is 7.87. The lowest BCUT2D eigenvalue weighted by Gasteiger charge is -2.18. The summed E-state index contributed by atoms with van der Waals surface area (Å²) < 4.78 is 0. The summed E-state index contributed by atoms with van der Waals surface area (Å²) in [4.78, 5) is 28.0. The van der Waals surface area contributed by atoms with Crippen LogP contribution in [-0.4, -0.2) is 11.8 Å². The number of para-hydroxylation sites is 1. The molecule has 4 rings (SSSR count). The van der Waals surface area contributed by atoms with Gasteiger partial charge in [0, 0.05) is 10.6 Å². The Hall–Kier alpha value is -3.88. The van der Waals surface area contributed by atoms with E-state index in [0.29, 0.717) is 16.3 Å². The number of nitrogens with one attached hydrogen (secondary N) is 1. The van der Waals surface area contributed by atoms with Gasteiger partial charge in [0.1, 0.15) is 11.6 Å². The number of carbonyl (C=O) groups excluding carboxylic acids is 2. The third kappa shape index (κ3) is 4.01. The van der Waals surface area contributed by atoms with E-state index >= 15 is 0 Å². The van der Waals surface area contributed by atoms with Crippen molar-refractivity contribution in [3.05, 3.63) is 106 Å². The molecule has 3 aromatic rings. The molecule has 2 amide bonds. The highest BCUT2D eigenvalue weighted by molar-refractivity contribution is 6.37. The highest BCUT2D eigenvalue weighted by Gasteiger charge is 2.36. The molecule has 3 aromatic carbocycles. The first kappa shape index (κ1) is 21.4. The van der Waals surface area contributed by atoms with Crippen LogP contribution in [0.2, 0.25) is 5.02 Å². The van der Waals surface area contributed by atoms with E-state index in [4.69, 9.17) is 11.6 Å². The van der Waals surface area contributed by atoms with Crippen LogP contribution in [-0.2, 0) is 16.1 Å². The lowest BCUT2D eigenvalue weighted by Crippen LogP contribution is -2.30. The molecular weight excluding hydrogens is 422 g/mol. The van der Waals surface area contributed by atoms with Crippen molar-refractivity contribution in [1.82, 2.24) is 5.32 Å². The number of halogens is 1. The number of carbonyl (C=O) groups is 2. The summed E-state index contributed by atoms with van der Waals surface area (Å²) >= 11 is 6.30. The molecule has 1 heterocycles. The largest absolute Gasteiger partial charge is 0.345 e. The third-order valence-corrected chi connectivity index (χ3v) is 5.81. The van der Waals surface area contributed by atoms with E-state index in [9.17, 15) is 14.9 Å². The number of nitriles is 1. The van der Waals surface area contributed by atoms with Gasteiger partial charge in [0.2, 0.25) is 0 Å². The van der Waals surface area contributed by atoms with Gasteiger partial charge >= 0.3 is 0 Å². The van der Waals surface area contributed by atoms with Crippen molar-refractivity contribution >= 4 is 34.7 Å². The smallest absolute Gasteiger partial charge is 0.263 e. The molecule has 0 aliphatic carbocycles. The Morgan fingerprint density at radius 3 is 2.41 bits per heavy atom. The van der Waals surface area contributed by atoms with Gasteiger partial charge in [-0.3, -0.25) is 9.59 Å². The third-order valence-electron chi connectivity index (χ3n) is 5.45. The molecule has 1 unspecified atom stereocenters. The summed E-state index contributed by atoms with van der Waals surface area (Å²) in [5, 5.41) is 13.2. The molecule has 1 N–H and O–H groups in total. The zero-order chi connectivity index (χ0) is 22.7. The highest BCUT2D eigenvalue weighted by atomic mass is 35.5. The summed E-state index contributed by atoms with van der Waals surface area (Å²) in [7, 11) is 0. The average Bonchev–Trinajstić information content (AvgIpc) is 3.08. The normalized spacial score (nSPS) is 15.0. The van der Waals surface area contributed by atoms with Crippen LogP contribution in [0, 0.1) is 11.3 Å². The first-order chi connectivity index (χ1) is 15.5. The molecule has 0 spiro atoms. The van der Waals surface area contributed by atoms with Crippen molar-refractivity contribution in [2.45, 2.75) is 19.5 Å². The summed E-state index contributed by atoms with van der Waals surface area (Å²) in [5.41, 5.74) is 2.79. The minimum atomic E-state index is -0.582. The second-order valence-electron chi connectivity index (χ2n) is 7.47. The fourth-order valence-corrected chi connectivity index (χ4v) is 3.99. The van der Waals surface area contributed by atoms with E-state index < -0.39 is 11.8 Å². The predicted molar refractivity (Wildman–Crippen MR) is 125 cm³/mol. The maximum absolute atomic E-state index is 13.4. The SMILES string of the molecule is CC(NC(=O)C(C#N)=C1C(=O)N(Cc2ccccc2Cl)c2ccccc21)c1ccccc1. The first-order valence-electron chi connectivity index (χ1n) is 10.2. The molecule has 0 radical (unpaired) electrons. The Bertz CT molecular complexity index is 1260. The molecule has 0 bridgehead atoms. The van der Waals surface area contributed by atoms with Crippen molar-refractivity contribution < 1.29 is 9.59 Å². The molecule has 1 aliphatic heterocycles. The summed E-state index contributed by atoms with van der Waals surface area (Å²) in [6.07, 6.45) is 0. The standard InChI is InChI=1S/C26H20ClN3O2/c1-17(18-9-3-2-4-10-18)29-25(31)21(15-28)24-20-12-6-8-14-23(20)30(26(24)32)16-19-11-5-7-13-22(19)27/h2-14,17H,16H2,1H3,(H,29,31). The first-order valence-corrected chi connectivity index (χ1v) is 10.5. The highest BCUT2D eigenvalue weighted by Crippen LogP contribution is 2.39. The van der Waals surface area contributed by atoms with Crippen molar-refractivity contribution in [1.29, 1.82) is 5.26 Å². The van der Waals surface area contributed by atoms with Crippen LogP contribution in [0.5, 0.6) is 0 Å². The Morgan fingerprint density at radius 1 is 1.03 bits per heavy atom. The Balaban J connectivity index is 1.71. The molecule has 5 nitrogen and oxygen atoms in total. The Labute approximate surface area is 191 Å². The lowest BCUT2D eigenvalue weighted by atomic mass is 10.0. The van der Waals surface area contributed by atoms with Gasteiger partial charge in [-0.1, -0.05) is 78.3 Å². The molecular formula is C26H20ClN3O2. The van der Waals surface area contributed by atoms with Gasteiger partial charge in [0.15, 0.2) is 0 Å². The molecule has 0 fully saturated rings. The van der Waals surface area contributed by atoms with Crippen LogP contribution in [0.15, 0.2) is 84.4 Å². The molecule has 0 aromatic heterocycles. The number of rotatable bonds is 5. The van der Waals surface area contributed by atoms with Crippen molar-refractivity contribution in [2.75, 3.05) is 4.90 Å². The van der Waals surface area contributed by atoms with E-state index in [0.717, 1.165) is 11.1 Å². The summed E-state index contributed by atoms with van der Waals surface area (Å²) in [5.74, 6) is -0.980. The van der Waals surface area contributed by atoms with E-state index in [1.165, 1.54) is 0 Å². The van der Waals surface area contributed by atoms with E-state index in [1.807, 2.05) is 67.6 Å². The summed E-state index contributed by atoms with van der Waals surface area (Å²) in [6, 6.07) is 25.5. The zero-order valence-corrected chi connectivity index (χ0v) is 18.1. The number of fused-ring (bicyclic) bond motifs is 1. The predicted octanol–water partition coefficient (Wildman–Crippen LogP) is 5.04. The van der Waals surface area contributed by atoms with Crippen molar-refractivity contribution in [3.8, 4) is 6.07 Å². The monoisotopic (exact) mass is 441 g/mol. The number of nitrogens with zero attached hydrogens (tertiary/aromatic N) is 2. The zero-order valence-electron chi connectivity index (χ0n) is 17.4. The van der Waals surface area contributed by atoms with Crippen LogP contribution in [0.3, 0.4) is 0 Å². The fourth-order valence-electron chi connectivity index (χ4n) is 3.79. The van der Waals surface area contributed by atoms with Crippen LogP contribution >= 0.6 is 11.6 Å². The molecule has 0 saturated carbocycles. The molecule has 6 heteroatoms. The molecule has 32 heavy (non-hydrogen) atoms. The molecule has 0 saturated heterocycles. The van der Waals surface area contributed by atoms with Crippen molar-refractivity contribution in [3.63, 3.8) is 0 Å². The maximum atomic E-state index is 13.4. The Morgan fingerprint density at radius 2 is 1.69 bits per heavy atom. The van der Waals surface area contributed by atoms with Gasteiger partial charge in [0.05, 0.1) is 23.8 Å². The van der Waals surface area contributed by atoms with Gasteiger partial charge in [0.25, 0.3) is 11.8 Å². The Kier molecular flexibility index (Phi) is 6.07. The van der Waals surface area contributed by atoms with Crippen LogP contribution in [0.25, 0.3) is 5.57 Å². The van der Waals surface area contributed by atoms with Crippen LogP contribution in [0.1, 0.15) is 29.7 Å². The van der Waals surface area contributed by atoms with Gasteiger partial charge in [-0.2, -0.15) is 5.26 Å². The fraction of sp³-hybridized carbons (Fsp3) is 0.115. The number of amides is 2. The maximum Gasteiger partial charge on any atom is 0.263 e. The molecule has 1 aliphatic rings. The van der Waals surface area contributed by atoms with Gasteiger partial charge in [-0.25, -0.2) is 0 Å². The quantitative estimate of drug-likeness (QED) is 0.445. The number of benzene rings is 3. The lowest BCUT2D eigenvalue weighted by molar-refractivity contribution is -0.118. The van der Waals surface area contributed by atoms with Crippen molar-refractivity contribution in [2.24, 2.45) is 0 Å². The van der Waals surface area contributed by atoms with Gasteiger partial charge < -0.3 is 10.2 Å². The van der Waals surface area contributed by atoms with Gasteiger partial charge in [-0.05, 0) is 30.2 Å². The second kappa shape index (κ2) is 9.09. The average molecular weight is 442 g/mol. The van der Waals surface area contributed by atoms with E-state index in [1.54, 1.807) is 29.2 Å². The topological polar surface area (TPSA) is 73.2 Å². The van der Waals surface area contributed by atoms with Crippen LogP contribution < -0.4 is 10.2 Å². The number of anilines is 1. The van der Waals surface area contributed by atoms with E-state index in [2.05, 4.69) is 5.32 Å². The van der Waals surface area contributed by atoms with Crippen LogP contribution in [0.4, 0.5) is 5.69 Å². The molecule has 158 valence electrons. The summed E-state index contributed by atoms with van der Waals surface area (Å²) in [6.45, 7) is 2.07.